The third-order valence-corrected chi connectivity index (χ3v) is 5.97. The molecule has 2 aromatic rings. The van der Waals surface area contributed by atoms with Crippen molar-refractivity contribution >= 4 is 22.8 Å². The summed E-state index contributed by atoms with van der Waals surface area (Å²) in [6, 6.07) is 3.93. The molecular weight excluding hydrogens is 322 g/mol. The van der Waals surface area contributed by atoms with E-state index < -0.39 is 0 Å². The minimum Gasteiger partial charge on any atom is -0.339 e. The van der Waals surface area contributed by atoms with Crippen LogP contribution in [0.1, 0.15) is 45.1 Å². The molecule has 0 amide bonds. The van der Waals surface area contributed by atoms with Crippen molar-refractivity contribution < 1.29 is 0 Å². The van der Waals surface area contributed by atoms with E-state index in [2.05, 4.69) is 29.8 Å². The second-order valence-corrected chi connectivity index (χ2v) is 7.33. The normalized spacial score (nSPS) is 18.3. The van der Waals surface area contributed by atoms with Crippen molar-refractivity contribution in [3.63, 3.8) is 0 Å². The first-order valence-corrected chi connectivity index (χ1v) is 9.81. The van der Waals surface area contributed by atoms with Crippen molar-refractivity contribution in [1.82, 2.24) is 14.6 Å². The topological polar surface area (TPSA) is 70.9 Å². The Balaban J connectivity index is 1.72. The molecule has 0 spiro atoms. The van der Waals surface area contributed by atoms with E-state index in [0.29, 0.717) is 5.92 Å². The Kier molecular flexibility index (Phi) is 6.09. The Morgan fingerprint density at radius 1 is 1.38 bits per heavy atom. The highest BCUT2D eigenvalue weighted by Gasteiger charge is 2.24. The van der Waals surface area contributed by atoms with Crippen LogP contribution in [-0.4, -0.2) is 40.4 Å². The van der Waals surface area contributed by atoms with Crippen LogP contribution in [0.25, 0.3) is 16.6 Å². The van der Waals surface area contributed by atoms with Gasteiger partial charge >= 0.3 is 0 Å². The zero-order chi connectivity index (χ0) is 18.5. The van der Waals surface area contributed by atoms with Crippen molar-refractivity contribution in [3.05, 3.63) is 36.2 Å². The highest BCUT2D eigenvalue weighted by atomic mass is 15.3. The van der Waals surface area contributed by atoms with E-state index in [4.69, 9.17) is 11.3 Å². The van der Waals surface area contributed by atoms with E-state index in [-0.39, 0.29) is 0 Å². The maximum absolute atomic E-state index is 7.85. The summed E-state index contributed by atoms with van der Waals surface area (Å²) in [4.78, 5) is 7.02. The van der Waals surface area contributed by atoms with Crippen molar-refractivity contribution in [2.75, 3.05) is 25.5 Å². The van der Waals surface area contributed by atoms with Crippen molar-refractivity contribution in [2.24, 2.45) is 11.8 Å². The van der Waals surface area contributed by atoms with Gasteiger partial charge in [0, 0.05) is 24.2 Å². The molecule has 3 heterocycles. The predicted octanol–water partition coefficient (Wildman–Crippen LogP) is 3.93. The molecule has 1 saturated heterocycles. The smallest absolute Gasteiger partial charge is 0.0901 e. The highest BCUT2D eigenvalue weighted by molar-refractivity contribution is 6.08. The first-order chi connectivity index (χ1) is 12.7. The number of hydrogen-bond donors (Lipinski definition) is 2. The lowest BCUT2D eigenvalue weighted by Gasteiger charge is -2.35. The molecule has 1 fully saturated rings. The largest absolute Gasteiger partial charge is 0.339 e. The fourth-order valence-electron chi connectivity index (χ4n) is 4.16. The lowest BCUT2D eigenvalue weighted by Crippen LogP contribution is -2.35. The molecule has 0 aromatic carbocycles. The van der Waals surface area contributed by atoms with Gasteiger partial charge in [0.1, 0.15) is 0 Å². The average molecular weight is 354 g/mol. The molecule has 0 saturated carbocycles. The predicted molar refractivity (Wildman–Crippen MR) is 110 cm³/mol. The van der Waals surface area contributed by atoms with Crippen molar-refractivity contribution in [2.45, 2.75) is 39.5 Å². The van der Waals surface area contributed by atoms with E-state index in [1.807, 2.05) is 24.5 Å². The molecule has 140 valence electrons. The molecule has 1 atom stereocenters. The number of fused-ring (bicyclic) bond motifs is 1. The standard InChI is InChI=1S/C21H31N5/c1-3-16(17-7-10-25(4-2)11-8-17)5-6-18(14-22)19-13-21-20(24-15-19)9-12-26(21)23/h6,9,12-17,22H,3-5,7-8,10-11,23H2,1-2H3. The third kappa shape index (κ3) is 3.98. The maximum atomic E-state index is 7.85. The number of nitrogens with two attached hydrogens (primary N) is 1. The van der Waals surface area contributed by atoms with Crippen LogP contribution < -0.4 is 5.84 Å². The highest BCUT2D eigenvalue weighted by Crippen LogP contribution is 2.31. The van der Waals surface area contributed by atoms with Crippen LogP contribution in [0.5, 0.6) is 0 Å². The van der Waals surface area contributed by atoms with Crippen LogP contribution in [0.3, 0.4) is 0 Å². The first-order valence-electron chi connectivity index (χ1n) is 9.81. The zero-order valence-corrected chi connectivity index (χ0v) is 16.0. The van der Waals surface area contributed by atoms with Crippen molar-refractivity contribution in [1.29, 1.82) is 5.41 Å². The number of aromatic nitrogens is 2. The molecule has 3 N–H and O–H groups in total. The fourth-order valence-corrected chi connectivity index (χ4v) is 4.16. The quantitative estimate of drug-likeness (QED) is 0.585. The Morgan fingerprint density at radius 3 is 2.81 bits per heavy atom. The molecule has 0 radical (unpaired) electrons. The monoisotopic (exact) mass is 353 g/mol. The number of piperidine rings is 1. The molecule has 1 aliphatic heterocycles. The fraction of sp³-hybridized carbons (Fsp3) is 0.524. The second kappa shape index (κ2) is 8.49. The van der Waals surface area contributed by atoms with E-state index >= 15 is 0 Å². The lowest BCUT2D eigenvalue weighted by atomic mass is 9.80. The van der Waals surface area contributed by atoms with Gasteiger partial charge in [0.05, 0.1) is 11.0 Å². The van der Waals surface area contributed by atoms with E-state index in [0.717, 1.165) is 34.5 Å². The van der Waals surface area contributed by atoms with Gasteiger partial charge < -0.3 is 16.2 Å². The Hall–Kier alpha value is -2.14. The summed E-state index contributed by atoms with van der Waals surface area (Å²) < 4.78 is 1.59. The Labute approximate surface area is 156 Å². The number of likely N-dealkylation sites (tertiary alicyclic amines) is 1. The van der Waals surface area contributed by atoms with Gasteiger partial charge in [-0.15, -0.1) is 0 Å². The van der Waals surface area contributed by atoms with Crippen LogP contribution in [0.2, 0.25) is 0 Å². The first kappa shape index (κ1) is 18.6. The number of allylic oxidation sites excluding steroid dienone is 2. The molecule has 5 nitrogen and oxygen atoms in total. The number of pyridine rings is 1. The van der Waals surface area contributed by atoms with E-state index in [9.17, 15) is 0 Å². The van der Waals surface area contributed by atoms with Gasteiger partial charge in [-0.2, -0.15) is 0 Å². The number of hydrogen-bond acceptors (Lipinski definition) is 4. The van der Waals surface area contributed by atoms with Crippen LogP contribution in [0.15, 0.2) is 30.6 Å². The number of nitrogens with one attached hydrogen (secondary N) is 1. The third-order valence-electron chi connectivity index (χ3n) is 5.97. The van der Waals surface area contributed by atoms with Gasteiger partial charge in [0.15, 0.2) is 0 Å². The molecule has 5 heteroatoms. The summed E-state index contributed by atoms with van der Waals surface area (Å²) >= 11 is 0. The van der Waals surface area contributed by atoms with Gasteiger partial charge in [-0.05, 0) is 68.4 Å². The summed E-state index contributed by atoms with van der Waals surface area (Å²) in [5.41, 5.74) is 3.68. The van der Waals surface area contributed by atoms with Gasteiger partial charge in [-0.25, -0.2) is 0 Å². The van der Waals surface area contributed by atoms with Crippen molar-refractivity contribution in [3.8, 4) is 0 Å². The number of nitrogens with zero attached hydrogens (tertiary/aromatic N) is 3. The molecule has 1 aliphatic rings. The van der Waals surface area contributed by atoms with Crippen LogP contribution in [0.4, 0.5) is 0 Å². The molecule has 3 rings (SSSR count). The molecule has 2 aromatic heterocycles. The molecular formula is C21H31N5. The van der Waals surface area contributed by atoms with Crippen LogP contribution in [0, 0.1) is 17.2 Å². The number of nitrogen functional groups attached to an aromatic ring is 1. The molecule has 0 aliphatic carbocycles. The Morgan fingerprint density at radius 2 is 2.15 bits per heavy atom. The molecule has 26 heavy (non-hydrogen) atoms. The Bertz CT molecular complexity index is 768. The minimum absolute atomic E-state index is 0.694. The van der Waals surface area contributed by atoms with Crippen LogP contribution in [-0.2, 0) is 0 Å². The van der Waals surface area contributed by atoms with Gasteiger partial charge in [0.25, 0.3) is 0 Å². The summed E-state index contributed by atoms with van der Waals surface area (Å²) in [6.07, 6.45) is 12.1. The van der Waals surface area contributed by atoms with Gasteiger partial charge in [-0.3, -0.25) is 9.66 Å². The summed E-state index contributed by atoms with van der Waals surface area (Å²) in [6.45, 7) is 8.17. The molecule has 1 unspecified atom stereocenters. The lowest BCUT2D eigenvalue weighted by molar-refractivity contribution is 0.150. The average Bonchev–Trinajstić information content (AvgIpc) is 3.06. The molecule has 0 bridgehead atoms. The van der Waals surface area contributed by atoms with Gasteiger partial charge in [0.2, 0.25) is 0 Å². The SMILES string of the molecule is CCC(CC=C(C=N)c1cnc2ccn(N)c2c1)C1CCN(CC)CC1. The van der Waals surface area contributed by atoms with Gasteiger partial charge in [-0.1, -0.05) is 26.3 Å². The van der Waals surface area contributed by atoms with E-state index in [1.54, 1.807) is 4.68 Å². The zero-order valence-electron chi connectivity index (χ0n) is 16.0. The summed E-state index contributed by atoms with van der Waals surface area (Å²) in [5, 5.41) is 7.85. The summed E-state index contributed by atoms with van der Waals surface area (Å²) in [5.74, 6) is 7.44. The number of rotatable bonds is 7. The maximum Gasteiger partial charge on any atom is 0.0901 e. The second-order valence-electron chi connectivity index (χ2n) is 7.33. The minimum atomic E-state index is 0.694. The van der Waals surface area contributed by atoms with E-state index in [1.165, 1.54) is 45.1 Å². The summed E-state index contributed by atoms with van der Waals surface area (Å²) in [7, 11) is 0. The van der Waals surface area contributed by atoms with Crippen LogP contribution >= 0.6 is 0 Å².